The number of aromatic nitrogens is 1. The molecule has 0 spiro atoms. The molecule has 1 aromatic carbocycles. The van der Waals surface area contributed by atoms with Crippen LogP contribution in [0.25, 0.3) is 0 Å². The van der Waals surface area contributed by atoms with Gasteiger partial charge in [-0.3, -0.25) is 0 Å². The van der Waals surface area contributed by atoms with Crippen LogP contribution in [-0.2, 0) is 0 Å². The second-order valence-electron chi connectivity index (χ2n) is 3.19. The molecule has 1 atom stereocenters. The van der Waals surface area contributed by atoms with Crippen molar-refractivity contribution in [3.8, 4) is 0 Å². The highest BCUT2D eigenvalue weighted by Gasteiger charge is 2.11. The van der Waals surface area contributed by atoms with Crippen molar-refractivity contribution in [1.29, 1.82) is 0 Å². The van der Waals surface area contributed by atoms with Gasteiger partial charge in [0.2, 0.25) is 0 Å². The van der Waals surface area contributed by atoms with Crippen molar-refractivity contribution in [2.75, 3.05) is 0 Å². The van der Waals surface area contributed by atoms with Crippen molar-refractivity contribution >= 4 is 22.6 Å². The van der Waals surface area contributed by atoms with Gasteiger partial charge < -0.3 is 4.42 Å². The Kier molecular flexibility index (Phi) is 2.86. The van der Waals surface area contributed by atoms with E-state index in [1.807, 2.05) is 0 Å². The van der Waals surface area contributed by atoms with Crippen molar-refractivity contribution in [1.82, 2.24) is 4.98 Å². The number of hydrogen-bond donors (Lipinski definition) is 0. The smallest absolute Gasteiger partial charge is 0.180 e. The predicted molar refractivity (Wildman–Crippen MR) is 63.5 cm³/mol. The van der Waals surface area contributed by atoms with Gasteiger partial charge in [0.05, 0.1) is 9.62 Å². The molecule has 0 radical (unpaired) electrons. The fraction of sp³-hybridized carbons (Fsp3) is 0.182. The first-order chi connectivity index (χ1) is 6.77. The van der Waals surface area contributed by atoms with Crippen molar-refractivity contribution in [2.45, 2.75) is 10.8 Å². The fourth-order valence-corrected chi connectivity index (χ4v) is 1.98. The van der Waals surface area contributed by atoms with Gasteiger partial charge >= 0.3 is 0 Å². The molecule has 0 bridgehead atoms. The summed E-state index contributed by atoms with van der Waals surface area (Å²) in [6, 6.07) is 8.48. The van der Waals surface area contributed by atoms with Crippen LogP contribution in [0.2, 0.25) is 0 Å². The maximum Gasteiger partial charge on any atom is 0.180 e. The number of aryl methyl sites for hydroxylation is 1. The lowest BCUT2D eigenvalue weighted by molar-refractivity contribution is 0.556. The molecule has 0 N–H and O–H groups in total. The Morgan fingerprint density at radius 3 is 2.57 bits per heavy atom. The zero-order chi connectivity index (χ0) is 9.97. The summed E-state index contributed by atoms with van der Waals surface area (Å²) in [6.45, 7) is 2.09. The molecule has 0 saturated heterocycles. The highest BCUT2D eigenvalue weighted by molar-refractivity contribution is 14.1. The summed E-state index contributed by atoms with van der Waals surface area (Å²) in [4.78, 5) is 4.14. The summed E-state index contributed by atoms with van der Waals surface area (Å²) >= 11 is 2.36. The minimum absolute atomic E-state index is 0.270. The second-order valence-corrected chi connectivity index (χ2v) is 4.43. The van der Waals surface area contributed by atoms with E-state index in [1.165, 1.54) is 17.5 Å². The number of nitrogens with zero attached hydrogens (tertiary/aromatic N) is 1. The minimum atomic E-state index is 0.270. The van der Waals surface area contributed by atoms with Gasteiger partial charge in [0.15, 0.2) is 6.39 Å². The Labute approximate surface area is 96.5 Å². The van der Waals surface area contributed by atoms with Crippen LogP contribution >= 0.6 is 22.6 Å². The Morgan fingerprint density at radius 1 is 1.29 bits per heavy atom. The fourth-order valence-electron chi connectivity index (χ4n) is 1.25. The average molecular weight is 299 g/mol. The van der Waals surface area contributed by atoms with Crippen molar-refractivity contribution in [3.63, 3.8) is 0 Å². The normalized spacial score (nSPS) is 12.7. The Morgan fingerprint density at radius 2 is 2.00 bits per heavy atom. The quantitative estimate of drug-likeness (QED) is 0.626. The molecule has 72 valence electrons. The zero-order valence-corrected chi connectivity index (χ0v) is 9.93. The zero-order valence-electron chi connectivity index (χ0n) is 7.77. The molecule has 14 heavy (non-hydrogen) atoms. The third kappa shape index (κ3) is 1.97. The molecule has 1 aromatic heterocycles. The molecular formula is C11H10INO. The summed E-state index contributed by atoms with van der Waals surface area (Å²) < 4.78 is 5.24. The van der Waals surface area contributed by atoms with Gasteiger partial charge in [-0.05, 0) is 12.5 Å². The molecule has 2 nitrogen and oxygen atoms in total. The molecule has 0 fully saturated rings. The van der Waals surface area contributed by atoms with E-state index in [2.05, 4.69) is 58.8 Å². The molecule has 3 heteroatoms. The Hall–Kier alpha value is -0.840. The van der Waals surface area contributed by atoms with Gasteiger partial charge in [-0.1, -0.05) is 52.4 Å². The lowest BCUT2D eigenvalue weighted by Crippen LogP contribution is -1.92. The molecule has 2 rings (SSSR count). The topological polar surface area (TPSA) is 26.0 Å². The van der Waals surface area contributed by atoms with Crippen LogP contribution in [0.5, 0.6) is 0 Å². The molecule has 0 aliphatic carbocycles. The number of benzene rings is 1. The van der Waals surface area contributed by atoms with E-state index in [1.54, 1.807) is 6.26 Å². The summed E-state index contributed by atoms with van der Waals surface area (Å²) in [7, 11) is 0. The van der Waals surface area contributed by atoms with Gasteiger partial charge in [-0.15, -0.1) is 0 Å². The predicted octanol–water partition coefficient (Wildman–Crippen LogP) is 3.51. The Bertz CT molecular complexity index is 394. The molecule has 0 saturated carbocycles. The largest absolute Gasteiger partial charge is 0.451 e. The number of oxazole rings is 1. The maximum atomic E-state index is 4.96. The van der Waals surface area contributed by atoms with Gasteiger partial charge in [0.25, 0.3) is 0 Å². The van der Waals surface area contributed by atoms with Crippen LogP contribution in [0, 0.1) is 6.92 Å². The molecule has 1 heterocycles. The molecule has 1 unspecified atom stereocenters. The lowest BCUT2D eigenvalue weighted by Gasteiger charge is -2.06. The molecule has 0 aliphatic rings. The average Bonchev–Trinajstić information content (AvgIpc) is 2.71. The number of alkyl halides is 1. The van der Waals surface area contributed by atoms with Crippen LogP contribution in [-0.4, -0.2) is 4.98 Å². The van der Waals surface area contributed by atoms with Gasteiger partial charge in [0.1, 0.15) is 6.26 Å². The van der Waals surface area contributed by atoms with Gasteiger partial charge in [-0.25, -0.2) is 4.98 Å². The van der Waals surface area contributed by atoms with Crippen LogP contribution in [0.15, 0.2) is 41.3 Å². The van der Waals surface area contributed by atoms with Crippen molar-refractivity contribution < 1.29 is 4.42 Å². The summed E-state index contributed by atoms with van der Waals surface area (Å²) in [6.07, 6.45) is 3.16. The van der Waals surface area contributed by atoms with E-state index in [0.29, 0.717) is 0 Å². The van der Waals surface area contributed by atoms with E-state index in [9.17, 15) is 0 Å². The van der Waals surface area contributed by atoms with Crippen LogP contribution in [0.3, 0.4) is 0 Å². The standard InChI is InChI=1S/C11H10INO/c1-8-2-4-9(5-3-8)11(12)10-6-14-7-13-10/h2-7,11H,1H3. The van der Waals surface area contributed by atoms with E-state index < -0.39 is 0 Å². The number of halogens is 1. The monoisotopic (exact) mass is 299 g/mol. The first kappa shape index (κ1) is 9.71. The summed E-state index contributed by atoms with van der Waals surface area (Å²) in [5.41, 5.74) is 3.50. The van der Waals surface area contributed by atoms with E-state index in [-0.39, 0.29) is 3.92 Å². The van der Waals surface area contributed by atoms with Crippen LogP contribution in [0.4, 0.5) is 0 Å². The SMILES string of the molecule is Cc1ccc(C(I)c2cocn2)cc1. The molecule has 0 amide bonds. The number of hydrogen-bond acceptors (Lipinski definition) is 2. The third-order valence-electron chi connectivity index (χ3n) is 2.08. The molecule has 2 aromatic rings. The highest BCUT2D eigenvalue weighted by atomic mass is 127. The van der Waals surface area contributed by atoms with Crippen LogP contribution < -0.4 is 0 Å². The van der Waals surface area contributed by atoms with Gasteiger partial charge in [-0.2, -0.15) is 0 Å². The van der Waals surface area contributed by atoms with Crippen molar-refractivity contribution in [2.24, 2.45) is 0 Å². The molecule has 0 aliphatic heterocycles. The van der Waals surface area contributed by atoms with E-state index >= 15 is 0 Å². The minimum Gasteiger partial charge on any atom is -0.451 e. The highest BCUT2D eigenvalue weighted by Crippen LogP contribution is 2.29. The van der Waals surface area contributed by atoms with Crippen LogP contribution in [0.1, 0.15) is 20.7 Å². The Balaban J connectivity index is 2.28. The number of rotatable bonds is 2. The van der Waals surface area contributed by atoms with E-state index in [0.717, 1.165) is 5.69 Å². The van der Waals surface area contributed by atoms with Crippen molar-refractivity contribution in [3.05, 3.63) is 53.7 Å². The first-order valence-corrected chi connectivity index (χ1v) is 5.60. The third-order valence-corrected chi connectivity index (χ3v) is 3.44. The molecular weight excluding hydrogens is 289 g/mol. The summed E-state index contributed by atoms with van der Waals surface area (Å²) in [5, 5.41) is 0. The lowest BCUT2D eigenvalue weighted by atomic mass is 10.1. The van der Waals surface area contributed by atoms with E-state index in [4.69, 9.17) is 4.42 Å². The first-order valence-electron chi connectivity index (χ1n) is 4.36. The summed E-state index contributed by atoms with van der Waals surface area (Å²) in [5.74, 6) is 0. The second kappa shape index (κ2) is 4.13. The van der Waals surface area contributed by atoms with Gasteiger partial charge in [0, 0.05) is 0 Å². The maximum absolute atomic E-state index is 4.96.